The lowest BCUT2D eigenvalue weighted by atomic mass is 9.79. The molecule has 0 heterocycles. The van der Waals surface area contributed by atoms with Crippen molar-refractivity contribution < 1.29 is 27.1 Å². The fourth-order valence-corrected chi connectivity index (χ4v) is 1.81. The molecular formula is C8H8BFO5S. The Morgan fingerprint density at radius 2 is 1.94 bits per heavy atom. The van der Waals surface area contributed by atoms with Crippen molar-refractivity contribution in [3.05, 3.63) is 29.3 Å². The van der Waals surface area contributed by atoms with Crippen molar-refractivity contribution in [2.45, 2.75) is 5.75 Å². The van der Waals surface area contributed by atoms with Crippen LogP contribution >= 0.6 is 0 Å². The van der Waals surface area contributed by atoms with Crippen LogP contribution in [0.25, 0.3) is 0 Å². The number of aldehydes is 1. The van der Waals surface area contributed by atoms with Crippen molar-refractivity contribution >= 4 is 29.1 Å². The van der Waals surface area contributed by atoms with Crippen LogP contribution in [0.2, 0.25) is 0 Å². The third kappa shape index (κ3) is 3.72. The fourth-order valence-electron chi connectivity index (χ4n) is 1.25. The van der Waals surface area contributed by atoms with Crippen molar-refractivity contribution in [2.24, 2.45) is 0 Å². The van der Waals surface area contributed by atoms with Gasteiger partial charge in [0, 0.05) is 5.56 Å². The molecule has 1 aromatic carbocycles. The van der Waals surface area contributed by atoms with Crippen molar-refractivity contribution in [3.63, 3.8) is 0 Å². The van der Waals surface area contributed by atoms with Crippen LogP contribution in [0.5, 0.6) is 0 Å². The van der Waals surface area contributed by atoms with E-state index in [9.17, 15) is 17.1 Å². The van der Waals surface area contributed by atoms with Gasteiger partial charge in [-0.15, -0.1) is 3.89 Å². The summed E-state index contributed by atoms with van der Waals surface area (Å²) in [6.45, 7) is 0. The zero-order valence-corrected chi connectivity index (χ0v) is 8.82. The maximum Gasteiger partial charge on any atom is 0.488 e. The lowest BCUT2D eigenvalue weighted by Crippen LogP contribution is -2.30. The molecule has 0 saturated carbocycles. The molecule has 0 saturated heterocycles. The van der Waals surface area contributed by atoms with Crippen LogP contribution in [-0.2, 0) is 16.0 Å². The Hall–Kier alpha value is -1.25. The van der Waals surface area contributed by atoms with E-state index >= 15 is 0 Å². The highest BCUT2D eigenvalue weighted by Crippen LogP contribution is 2.08. The summed E-state index contributed by atoms with van der Waals surface area (Å²) in [6.07, 6.45) is 0.403. The van der Waals surface area contributed by atoms with E-state index in [1.807, 2.05) is 0 Å². The standard InChI is InChI=1S/C8H8BFO5S/c10-16(14,15)5-7-1-6(4-11)2-8(3-7)9(12)13/h1-4,12-13H,5H2. The summed E-state index contributed by atoms with van der Waals surface area (Å²) < 4.78 is 33.2. The summed E-state index contributed by atoms with van der Waals surface area (Å²) in [6, 6.07) is 3.44. The minimum Gasteiger partial charge on any atom is -0.423 e. The molecule has 0 aliphatic carbocycles. The number of benzene rings is 1. The largest absolute Gasteiger partial charge is 0.488 e. The first-order valence-corrected chi connectivity index (χ1v) is 5.74. The molecule has 0 fully saturated rings. The smallest absolute Gasteiger partial charge is 0.423 e. The minimum atomic E-state index is -4.72. The molecule has 8 heteroatoms. The molecule has 16 heavy (non-hydrogen) atoms. The lowest BCUT2D eigenvalue weighted by molar-refractivity contribution is 0.112. The molecule has 1 rings (SSSR count). The van der Waals surface area contributed by atoms with Gasteiger partial charge in [0.05, 0.1) is 0 Å². The second-order valence-electron chi connectivity index (χ2n) is 3.18. The average molecular weight is 246 g/mol. The van der Waals surface area contributed by atoms with Gasteiger partial charge >= 0.3 is 17.3 Å². The molecule has 0 aliphatic heterocycles. The maximum atomic E-state index is 12.4. The van der Waals surface area contributed by atoms with E-state index in [0.717, 1.165) is 12.1 Å². The lowest BCUT2D eigenvalue weighted by Gasteiger charge is -2.04. The zero-order chi connectivity index (χ0) is 12.3. The first-order valence-electron chi connectivity index (χ1n) is 4.19. The molecule has 0 aromatic heterocycles. The Balaban J connectivity index is 3.19. The van der Waals surface area contributed by atoms with Gasteiger partial charge in [-0.3, -0.25) is 4.79 Å². The number of halogens is 1. The Bertz CT molecular complexity index is 499. The predicted molar refractivity (Wildman–Crippen MR) is 55.4 cm³/mol. The van der Waals surface area contributed by atoms with Gasteiger partial charge < -0.3 is 10.0 Å². The van der Waals surface area contributed by atoms with Gasteiger partial charge in [-0.1, -0.05) is 12.1 Å². The number of carbonyl (C=O) groups is 1. The fraction of sp³-hybridized carbons (Fsp3) is 0.125. The molecule has 0 spiro atoms. The summed E-state index contributed by atoms with van der Waals surface area (Å²) in [7, 11) is -6.57. The van der Waals surface area contributed by atoms with Crippen LogP contribution in [0.15, 0.2) is 18.2 Å². The van der Waals surface area contributed by atoms with Crippen LogP contribution in [0.3, 0.4) is 0 Å². The van der Waals surface area contributed by atoms with Crippen LogP contribution in [0.4, 0.5) is 3.89 Å². The molecule has 5 nitrogen and oxygen atoms in total. The van der Waals surface area contributed by atoms with Crippen LogP contribution in [-0.4, -0.2) is 31.9 Å². The molecule has 0 bridgehead atoms. The third-order valence-corrected chi connectivity index (χ3v) is 2.49. The van der Waals surface area contributed by atoms with E-state index in [4.69, 9.17) is 10.0 Å². The van der Waals surface area contributed by atoms with Crippen LogP contribution in [0, 0.1) is 0 Å². The van der Waals surface area contributed by atoms with Crippen molar-refractivity contribution in [2.75, 3.05) is 0 Å². The molecule has 1 aromatic rings. The normalized spacial score (nSPS) is 11.2. The monoisotopic (exact) mass is 246 g/mol. The summed E-state index contributed by atoms with van der Waals surface area (Å²) in [4.78, 5) is 10.5. The zero-order valence-electron chi connectivity index (χ0n) is 8.00. The molecule has 0 amide bonds. The topological polar surface area (TPSA) is 91.7 Å². The van der Waals surface area contributed by atoms with E-state index in [2.05, 4.69) is 0 Å². The predicted octanol–water partition coefficient (Wildman–Crippen LogP) is -1.02. The summed E-state index contributed by atoms with van der Waals surface area (Å²) in [5, 5.41) is 17.7. The van der Waals surface area contributed by atoms with E-state index in [0.29, 0.717) is 6.29 Å². The van der Waals surface area contributed by atoms with E-state index in [1.165, 1.54) is 6.07 Å². The first kappa shape index (κ1) is 12.8. The Morgan fingerprint density at radius 3 is 2.38 bits per heavy atom. The van der Waals surface area contributed by atoms with E-state index < -0.39 is 23.1 Å². The van der Waals surface area contributed by atoms with Gasteiger partial charge in [-0.25, -0.2) is 0 Å². The second kappa shape index (κ2) is 4.73. The first-order chi connectivity index (χ1) is 7.31. The van der Waals surface area contributed by atoms with Gasteiger partial charge in [0.2, 0.25) is 0 Å². The Kier molecular flexibility index (Phi) is 3.79. The highest BCUT2D eigenvalue weighted by atomic mass is 32.3. The molecule has 2 N–H and O–H groups in total. The third-order valence-electron chi connectivity index (χ3n) is 1.81. The Labute approximate surface area is 91.9 Å². The van der Waals surface area contributed by atoms with Crippen molar-refractivity contribution in [3.8, 4) is 0 Å². The molecular weight excluding hydrogens is 238 g/mol. The molecule has 0 radical (unpaired) electrons. The van der Waals surface area contributed by atoms with Gasteiger partial charge in [0.25, 0.3) is 0 Å². The number of carbonyl (C=O) groups excluding carboxylic acids is 1. The van der Waals surface area contributed by atoms with Crippen molar-refractivity contribution in [1.82, 2.24) is 0 Å². The molecule has 0 atom stereocenters. The summed E-state index contributed by atoms with van der Waals surface area (Å²) in [5.41, 5.74) is -0.0392. The number of hydrogen-bond donors (Lipinski definition) is 2. The van der Waals surface area contributed by atoms with Crippen LogP contribution < -0.4 is 5.46 Å². The van der Waals surface area contributed by atoms with Crippen molar-refractivity contribution in [1.29, 1.82) is 0 Å². The maximum absolute atomic E-state index is 12.4. The van der Waals surface area contributed by atoms with E-state index in [1.54, 1.807) is 0 Å². The average Bonchev–Trinajstić information content (AvgIpc) is 2.14. The molecule has 86 valence electrons. The van der Waals surface area contributed by atoms with E-state index in [-0.39, 0.29) is 16.6 Å². The number of hydrogen-bond acceptors (Lipinski definition) is 5. The highest BCUT2D eigenvalue weighted by Gasteiger charge is 2.16. The van der Waals surface area contributed by atoms with Gasteiger partial charge in [-0.05, 0) is 17.1 Å². The second-order valence-corrected chi connectivity index (χ2v) is 4.55. The quantitative estimate of drug-likeness (QED) is 0.403. The summed E-state index contributed by atoms with van der Waals surface area (Å²) in [5.74, 6) is -0.908. The van der Waals surface area contributed by atoms with Gasteiger partial charge in [0.15, 0.2) is 0 Å². The minimum absolute atomic E-state index is 0.0183. The Morgan fingerprint density at radius 1 is 1.31 bits per heavy atom. The SMILES string of the molecule is O=Cc1cc(CS(=O)(=O)F)cc(B(O)O)c1. The number of rotatable bonds is 4. The van der Waals surface area contributed by atoms with Crippen LogP contribution in [0.1, 0.15) is 15.9 Å². The molecule has 0 aliphatic rings. The van der Waals surface area contributed by atoms with Gasteiger partial charge in [0.1, 0.15) is 12.0 Å². The molecule has 0 unspecified atom stereocenters. The highest BCUT2D eigenvalue weighted by molar-refractivity contribution is 7.85. The van der Waals surface area contributed by atoms with Gasteiger partial charge in [-0.2, -0.15) is 8.42 Å². The summed E-state index contributed by atoms with van der Waals surface area (Å²) >= 11 is 0.